The fraction of sp³-hybridized carbons (Fsp3) is 0.200. The number of hydrogen-bond donors (Lipinski definition) is 0. The average Bonchev–Trinajstić information content (AvgIpc) is 3.39. The fourth-order valence-electron chi connectivity index (χ4n) is 3.10. The molecule has 1 aromatic carbocycles. The molecule has 1 aliphatic heterocycles. The lowest BCUT2D eigenvalue weighted by atomic mass is 10.1. The Balaban J connectivity index is 1.41. The highest BCUT2D eigenvalue weighted by molar-refractivity contribution is 5.95. The number of rotatable bonds is 3. The molecule has 1 aliphatic rings. The molecule has 2 aromatic heterocycles. The van der Waals surface area contributed by atoms with Gasteiger partial charge in [0.25, 0.3) is 11.8 Å². The van der Waals surface area contributed by atoms with Crippen LogP contribution >= 0.6 is 0 Å². The lowest BCUT2D eigenvalue weighted by Gasteiger charge is -2.34. The zero-order valence-electron chi connectivity index (χ0n) is 14.4. The lowest BCUT2D eigenvalue weighted by molar-refractivity contribution is 0.0518. The standard InChI is InChI=1S/C20H17FN2O4/c21-16-4-2-1-3-15(16)17-5-6-18(27-17)20(25)23-10-8-22(9-11-23)19(24)14-7-12-26-13-14/h1-7,12-13H,8-11H2. The van der Waals surface area contributed by atoms with Crippen LogP contribution in [0.4, 0.5) is 4.39 Å². The fourth-order valence-corrected chi connectivity index (χ4v) is 3.10. The van der Waals surface area contributed by atoms with Crippen molar-refractivity contribution < 1.29 is 22.8 Å². The van der Waals surface area contributed by atoms with Crippen LogP contribution in [-0.4, -0.2) is 47.8 Å². The first kappa shape index (κ1) is 17.1. The van der Waals surface area contributed by atoms with Crippen LogP contribution in [0.3, 0.4) is 0 Å². The predicted octanol–water partition coefficient (Wildman–Crippen LogP) is 3.28. The Bertz CT molecular complexity index is 956. The first-order chi connectivity index (χ1) is 13.1. The molecule has 7 heteroatoms. The molecular weight excluding hydrogens is 351 g/mol. The number of benzene rings is 1. The maximum atomic E-state index is 13.9. The van der Waals surface area contributed by atoms with Crippen LogP contribution in [0.1, 0.15) is 20.9 Å². The van der Waals surface area contributed by atoms with E-state index >= 15 is 0 Å². The zero-order chi connectivity index (χ0) is 18.8. The monoisotopic (exact) mass is 368 g/mol. The summed E-state index contributed by atoms with van der Waals surface area (Å²) in [5.74, 6) is -0.325. The normalized spacial score (nSPS) is 14.4. The molecule has 0 unspecified atom stereocenters. The van der Waals surface area contributed by atoms with E-state index in [4.69, 9.17) is 8.83 Å². The van der Waals surface area contributed by atoms with Crippen molar-refractivity contribution in [3.8, 4) is 11.3 Å². The lowest BCUT2D eigenvalue weighted by Crippen LogP contribution is -2.50. The maximum Gasteiger partial charge on any atom is 0.289 e. The molecule has 0 aliphatic carbocycles. The van der Waals surface area contributed by atoms with Crippen molar-refractivity contribution >= 4 is 11.8 Å². The van der Waals surface area contributed by atoms with Gasteiger partial charge < -0.3 is 18.6 Å². The second-order valence-electron chi connectivity index (χ2n) is 6.24. The smallest absolute Gasteiger partial charge is 0.289 e. The van der Waals surface area contributed by atoms with Gasteiger partial charge in [-0.1, -0.05) is 12.1 Å². The van der Waals surface area contributed by atoms with E-state index < -0.39 is 5.82 Å². The first-order valence-corrected chi connectivity index (χ1v) is 8.59. The van der Waals surface area contributed by atoms with Crippen molar-refractivity contribution in [2.24, 2.45) is 0 Å². The van der Waals surface area contributed by atoms with E-state index in [9.17, 15) is 14.0 Å². The molecule has 3 aromatic rings. The summed E-state index contributed by atoms with van der Waals surface area (Å²) < 4.78 is 24.4. The summed E-state index contributed by atoms with van der Waals surface area (Å²) in [4.78, 5) is 28.3. The zero-order valence-corrected chi connectivity index (χ0v) is 14.4. The van der Waals surface area contributed by atoms with Gasteiger partial charge in [0.1, 0.15) is 17.8 Å². The molecule has 0 spiro atoms. The van der Waals surface area contributed by atoms with E-state index in [0.717, 1.165) is 0 Å². The molecular formula is C20H17FN2O4. The third-order valence-electron chi connectivity index (χ3n) is 4.58. The molecule has 1 fully saturated rings. The van der Waals surface area contributed by atoms with E-state index in [-0.39, 0.29) is 17.6 Å². The summed E-state index contributed by atoms with van der Waals surface area (Å²) in [5.41, 5.74) is 0.808. The largest absolute Gasteiger partial charge is 0.472 e. The SMILES string of the molecule is O=C(c1ccoc1)N1CCN(C(=O)c2ccc(-c3ccccc3F)o2)CC1. The summed E-state index contributed by atoms with van der Waals surface area (Å²) in [6.07, 6.45) is 2.87. The summed E-state index contributed by atoms with van der Waals surface area (Å²) in [6, 6.07) is 11.0. The van der Waals surface area contributed by atoms with Gasteiger partial charge in [-0.25, -0.2) is 4.39 Å². The van der Waals surface area contributed by atoms with Gasteiger partial charge in [-0.3, -0.25) is 9.59 Å². The van der Waals surface area contributed by atoms with Gasteiger partial charge in [0.05, 0.1) is 17.4 Å². The van der Waals surface area contributed by atoms with Crippen LogP contribution in [0.2, 0.25) is 0 Å². The van der Waals surface area contributed by atoms with Gasteiger partial charge in [0.2, 0.25) is 0 Å². The van der Waals surface area contributed by atoms with Crippen molar-refractivity contribution in [1.29, 1.82) is 0 Å². The highest BCUT2D eigenvalue weighted by Crippen LogP contribution is 2.25. The summed E-state index contributed by atoms with van der Waals surface area (Å²) >= 11 is 0. The van der Waals surface area contributed by atoms with Crippen molar-refractivity contribution in [3.05, 3.63) is 72.1 Å². The summed E-state index contributed by atoms with van der Waals surface area (Å²) in [6.45, 7) is 1.66. The van der Waals surface area contributed by atoms with Gasteiger partial charge in [-0.15, -0.1) is 0 Å². The Morgan fingerprint density at radius 1 is 0.889 bits per heavy atom. The number of hydrogen-bond acceptors (Lipinski definition) is 4. The Hall–Kier alpha value is -3.35. The summed E-state index contributed by atoms with van der Waals surface area (Å²) in [5, 5.41) is 0. The molecule has 138 valence electrons. The molecule has 2 amide bonds. The number of nitrogens with zero attached hydrogens (tertiary/aromatic N) is 2. The van der Waals surface area contributed by atoms with Crippen molar-refractivity contribution in [3.63, 3.8) is 0 Å². The van der Waals surface area contributed by atoms with Crippen LogP contribution in [0.5, 0.6) is 0 Å². The van der Waals surface area contributed by atoms with Crippen LogP contribution in [0.25, 0.3) is 11.3 Å². The molecule has 0 radical (unpaired) electrons. The van der Waals surface area contributed by atoms with Gasteiger partial charge in [-0.05, 0) is 30.3 Å². The molecule has 1 saturated heterocycles. The molecule has 0 N–H and O–H groups in total. The van der Waals surface area contributed by atoms with Gasteiger partial charge in [0, 0.05) is 26.2 Å². The van der Waals surface area contributed by atoms with E-state index in [0.29, 0.717) is 43.1 Å². The second-order valence-corrected chi connectivity index (χ2v) is 6.24. The molecule has 0 bridgehead atoms. The number of carbonyl (C=O) groups excluding carboxylic acids is 2. The van der Waals surface area contributed by atoms with Crippen molar-refractivity contribution in [2.45, 2.75) is 0 Å². The predicted molar refractivity (Wildman–Crippen MR) is 94.6 cm³/mol. The second kappa shape index (κ2) is 7.11. The number of amides is 2. The Morgan fingerprint density at radius 2 is 1.59 bits per heavy atom. The number of carbonyl (C=O) groups is 2. The van der Waals surface area contributed by atoms with Crippen molar-refractivity contribution in [1.82, 2.24) is 9.80 Å². The third-order valence-corrected chi connectivity index (χ3v) is 4.58. The van der Waals surface area contributed by atoms with Gasteiger partial charge in [0.15, 0.2) is 5.76 Å². The van der Waals surface area contributed by atoms with E-state index in [1.165, 1.54) is 18.6 Å². The maximum absolute atomic E-state index is 13.9. The van der Waals surface area contributed by atoms with Gasteiger partial charge in [-0.2, -0.15) is 0 Å². The number of furan rings is 2. The minimum atomic E-state index is -0.405. The highest BCUT2D eigenvalue weighted by atomic mass is 19.1. The number of piperazine rings is 1. The first-order valence-electron chi connectivity index (χ1n) is 8.59. The highest BCUT2D eigenvalue weighted by Gasteiger charge is 2.27. The topological polar surface area (TPSA) is 66.9 Å². The van der Waals surface area contributed by atoms with Crippen molar-refractivity contribution in [2.75, 3.05) is 26.2 Å². The Labute approximate surface area is 154 Å². The van der Waals surface area contributed by atoms with Gasteiger partial charge >= 0.3 is 0 Å². The minimum Gasteiger partial charge on any atom is -0.472 e. The number of halogens is 1. The molecule has 6 nitrogen and oxygen atoms in total. The molecule has 3 heterocycles. The quantitative estimate of drug-likeness (QED) is 0.712. The van der Waals surface area contributed by atoms with Crippen LogP contribution < -0.4 is 0 Å². The van der Waals surface area contributed by atoms with Crippen LogP contribution in [0.15, 0.2) is 63.8 Å². The van der Waals surface area contributed by atoms with Crippen LogP contribution in [0, 0.1) is 5.82 Å². The van der Waals surface area contributed by atoms with E-state index in [2.05, 4.69) is 0 Å². The minimum absolute atomic E-state index is 0.115. The van der Waals surface area contributed by atoms with Crippen LogP contribution in [-0.2, 0) is 0 Å². The third kappa shape index (κ3) is 3.36. The Kier molecular flexibility index (Phi) is 4.50. The molecule has 4 rings (SSSR count). The summed E-state index contributed by atoms with van der Waals surface area (Å²) in [7, 11) is 0. The Morgan fingerprint density at radius 3 is 2.26 bits per heavy atom. The molecule has 27 heavy (non-hydrogen) atoms. The molecule has 0 saturated carbocycles. The molecule has 0 atom stereocenters. The van der Waals surface area contributed by atoms with E-state index in [1.807, 2.05) is 0 Å². The average molecular weight is 368 g/mol. The van der Waals surface area contributed by atoms with E-state index in [1.54, 1.807) is 46.2 Å².